The van der Waals surface area contributed by atoms with Crippen molar-refractivity contribution in [3.63, 3.8) is 0 Å². The first kappa shape index (κ1) is 22.8. The number of pyridine rings is 1. The summed E-state index contributed by atoms with van der Waals surface area (Å²) in [5.74, 6) is 0.768. The molecule has 3 aromatic rings. The second-order valence-electron chi connectivity index (χ2n) is 8.03. The van der Waals surface area contributed by atoms with Gasteiger partial charge < -0.3 is 10.1 Å². The van der Waals surface area contributed by atoms with Crippen LogP contribution in [0.15, 0.2) is 54.6 Å². The Balaban J connectivity index is 1.64. The maximum atomic E-state index is 13.0. The van der Waals surface area contributed by atoms with Gasteiger partial charge in [-0.05, 0) is 42.8 Å². The summed E-state index contributed by atoms with van der Waals surface area (Å²) in [6, 6.07) is 17.5. The number of hydrogen-bond donors (Lipinski definition) is 1. The quantitative estimate of drug-likeness (QED) is 0.330. The number of benzene rings is 2. The van der Waals surface area contributed by atoms with Gasteiger partial charge in [-0.15, -0.1) is 0 Å². The van der Waals surface area contributed by atoms with Crippen LogP contribution in [0.5, 0.6) is 5.75 Å². The van der Waals surface area contributed by atoms with E-state index >= 15 is 0 Å². The molecule has 2 aromatic carbocycles. The summed E-state index contributed by atoms with van der Waals surface area (Å²) < 4.78 is 5.25. The van der Waals surface area contributed by atoms with Crippen LogP contribution in [0.4, 0.5) is 0 Å². The molecule has 0 saturated heterocycles. The number of nitrogens with one attached hydrogen (secondary N) is 1. The third kappa shape index (κ3) is 6.55. The zero-order valence-corrected chi connectivity index (χ0v) is 18.8. The van der Waals surface area contributed by atoms with Gasteiger partial charge >= 0.3 is 0 Å². The van der Waals surface area contributed by atoms with E-state index in [9.17, 15) is 4.79 Å². The number of nitrogens with zero attached hydrogens (tertiary/aromatic N) is 1. The van der Waals surface area contributed by atoms with Gasteiger partial charge in [0.1, 0.15) is 5.75 Å². The lowest BCUT2D eigenvalue weighted by atomic mass is 10.0. The summed E-state index contributed by atoms with van der Waals surface area (Å²) in [5, 5.41) is 4.00. The number of carbonyl (C=O) groups excluding carboxylic acids is 1. The highest BCUT2D eigenvalue weighted by atomic mass is 16.5. The lowest BCUT2D eigenvalue weighted by Crippen LogP contribution is -2.24. The van der Waals surface area contributed by atoms with Crippen LogP contribution < -0.4 is 10.1 Å². The number of amides is 1. The number of unbranched alkanes of at least 4 members (excludes halogenated alkanes) is 7. The lowest BCUT2D eigenvalue weighted by Gasteiger charge is -2.11. The Morgan fingerprint density at radius 3 is 2.29 bits per heavy atom. The Bertz CT molecular complexity index is 967. The minimum absolute atomic E-state index is 0.0312. The maximum absolute atomic E-state index is 13.0. The van der Waals surface area contributed by atoms with E-state index in [1.165, 1.54) is 44.9 Å². The van der Waals surface area contributed by atoms with Crippen LogP contribution >= 0.6 is 0 Å². The maximum Gasteiger partial charge on any atom is 0.252 e. The first-order valence-corrected chi connectivity index (χ1v) is 11.6. The average Bonchev–Trinajstić information content (AvgIpc) is 2.82. The van der Waals surface area contributed by atoms with Gasteiger partial charge in [0.2, 0.25) is 0 Å². The van der Waals surface area contributed by atoms with Gasteiger partial charge in [-0.25, -0.2) is 4.98 Å². The van der Waals surface area contributed by atoms with Crippen molar-refractivity contribution in [1.29, 1.82) is 0 Å². The van der Waals surface area contributed by atoms with E-state index in [2.05, 4.69) is 12.2 Å². The average molecular weight is 419 g/mol. The summed E-state index contributed by atoms with van der Waals surface area (Å²) in [6.07, 6.45) is 10.0. The van der Waals surface area contributed by atoms with Crippen molar-refractivity contribution in [2.24, 2.45) is 0 Å². The molecule has 4 heteroatoms. The van der Waals surface area contributed by atoms with E-state index in [1.807, 2.05) is 54.6 Å². The normalized spacial score (nSPS) is 10.9. The number of para-hydroxylation sites is 1. The van der Waals surface area contributed by atoms with Crippen molar-refractivity contribution in [3.8, 4) is 17.0 Å². The van der Waals surface area contributed by atoms with E-state index in [-0.39, 0.29) is 5.91 Å². The van der Waals surface area contributed by atoms with Gasteiger partial charge in [-0.2, -0.15) is 0 Å². The molecular formula is C27H34N2O2. The third-order valence-electron chi connectivity index (χ3n) is 5.66. The Labute approximate surface area is 186 Å². The second kappa shape index (κ2) is 12.1. The van der Waals surface area contributed by atoms with Crippen LogP contribution in [0, 0.1) is 0 Å². The Morgan fingerprint density at radius 2 is 1.58 bits per heavy atom. The van der Waals surface area contributed by atoms with Gasteiger partial charge in [-0.3, -0.25) is 4.79 Å². The van der Waals surface area contributed by atoms with Gasteiger partial charge in [0.25, 0.3) is 5.91 Å². The SMILES string of the molecule is CCCCCCCCCCNC(=O)c1cc(-c2ccc(OC)cc2)nc2ccccc12. The van der Waals surface area contributed by atoms with E-state index < -0.39 is 0 Å². The van der Waals surface area contributed by atoms with Crippen LogP contribution in [-0.2, 0) is 0 Å². The fourth-order valence-corrected chi connectivity index (χ4v) is 3.83. The highest BCUT2D eigenvalue weighted by Crippen LogP contribution is 2.26. The molecule has 0 spiro atoms. The highest BCUT2D eigenvalue weighted by molar-refractivity contribution is 6.07. The molecule has 3 rings (SSSR count). The van der Waals surface area contributed by atoms with Crippen LogP contribution in [0.25, 0.3) is 22.2 Å². The summed E-state index contributed by atoms with van der Waals surface area (Å²) in [7, 11) is 1.65. The fraction of sp³-hybridized carbons (Fsp3) is 0.407. The monoisotopic (exact) mass is 418 g/mol. The van der Waals surface area contributed by atoms with Gasteiger partial charge in [0.15, 0.2) is 0 Å². The summed E-state index contributed by atoms with van der Waals surface area (Å²) >= 11 is 0. The Morgan fingerprint density at radius 1 is 0.903 bits per heavy atom. The summed E-state index contributed by atoms with van der Waals surface area (Å²) in [4.78, 5) is 17.8. The zero-order chi connectivity index (χ0) is 21.9. The number of carbonyl (C=O) groups is 1. The van der Waals surface area contributed by atoms with Gasteiger partial charge in [-0.1, -0.05) is 70.1 Å². The first-order valence-electron chi connectivity index (χ1n) is 11.6. The molecular weight excluding hydrogens is 384 g/mol. The topological polar surface area (TPSA) is 51.2 Å². The van der Waals surface area contributed by atoms with Crippen molar-refractivity contribution in [2.75, 3.05) is 13.7 Å². The Hall–Kier alpha value is -2.88. The van der Waals surface area contributed by atoms with Crippen molar-refractivity contribution < 1.29 is 9.53 Å². The molecule has 1 N–H and O–H groups in total. The molecule has 0 atom stereocenters. The molecule has 164 valence electrons. The summed E-state index contributed by atoms with van der Waals surface area (Å²) in [5.41, 5.74) is 3.26. The van der Waals surface area contributed by atoms with Crippen molar-refractivity contribution >= 4 is 16.8 Å². The minimum atomic E-state index is -0.0312. The van der Waals surface area contributed by atoms with Gasteiger partial charge in [0.05, 0.1) is 23.9 Å². The van der Waals surface area contributed by atoms with E-state index in [1.54, 1.807) is 7.11 Å². The number of fused-ring (bicyclic) bond motifs is 1. The molecule has 0 unspecified atom stereocenters. The second-order valence-corrected chi connectivity index (χ2v) is 8.03. The van der Waals surface area contributed by atoms with Crippen LogP contribution in [0.3, 0.4) is 0 Å². The molecule has 0 saturated carbocycles. The van der Waals surface area contributed by atoms with Crippen molar-refractivity contribution in [2.45, 2.75) is 58.3 Å². The molecule has 0 aliphatic rings. The van der Waals surface area contributed by atoms with Crippen molar-refractivity contribution in [1.82, 2.24) is 10.3 Å². The molecule has 0 bridgehead atoms. The van der Waals surface area contributed by atoms with Crippen LogP contribution in [0.2, 0.25) is 0 Å². The van der Waals surface area contributed by atoms with Crippen LogP contribution in [-0.4, -0.2) is 24.5 Å². The fourth-order valence-electron chi connectivity index (χ4n) is 3.83. The van der Waals surface area contributed by atoms with Crippen molar-refractivity contribution in [3.05, 3.63) is 60.2 Å². The highest BCUT2D eigenvalue weighted by Gasteiger charge is 2.13. The Kier molecular flexibility index (Phi) is 8.89. The molecule has 0 aliphatic heterocycles. The largest absolute Gasteiger partial charge is 0.497 e. The summed E-state index contributed by atoms with van der Waals surface area (Å²) in [6.45, 7) is 2.96. The van der Waals surface area contributed by atoms with Gasteiger partial charge in [0, 0.05) is 17.5 Å². The zero-order valence-electron chi connectivity index (χ0n) is 18.8. The molecule has 0 fully saturated rings. The number of aromatic nitrogens is 1. The van der Waals surface area contributed by atoms with E-state index in [0.29, 0.717) is 12.1 Å². The van der Waals surface area contributed by atoms with E-state index in [0.717, 1.165) is 34.3 Å². The van der Waals surface area contributed by atoms with E-state index in [4.69, 9.17) is 9.72 Å². The molecule has 31 heavy (non-hydrogen) atoms. The number of rotatable bonds is 12. The third-order valence-corrected chi connectivity index (χ3v) is 5.66. The minimum Gasteiger partial charge on any atom is -0.497 e. The standard InChI is InChI=1S/C27H34N2O2/c1-3-4-5-6-7-8-9-12-19-28-27(30)24-20-26(21-15-17-22(31-2)18-16-21)29-25-14-11-10-13-23(24)25/h10-11,13-18,20H,3-9,12,19H2,1-2H3,(H,28,30). The number of ether oxygens (including phenoxy) is 1. The molecule has 0 aliphatic carbocycles. The predicted octanol–water partition coefficient (Wildman–Crippen LogP) is 6.78. The molecule has 0 radical (unpaired) electrons. The molecule has 1 amide bonds. The molecule has 1 aromatic heterocycles. The van der Waals surface area contributed by atoms with Crippen LogP contribution in [0.1, 0.15) is 68.6 Å². The smallest absolute Gasteiger partial charge is 0.252 e. The number of hydrogen-bond acceptors (Lipinski definition) is 3. The number of methoxy groups -OCH3 is 1. The first-order chi connectivity index (χ1) is 15.2. The molecule has 4 nitrogen and oxygen atoms in total. The predicted molar refractivity (Wildman–Crippen MR) is 129 cm³/mol. The lowest BCUT2D eigenvalue weighted by molar-refractivity contribution is 0.0954. The molecule has 1 heterocycles.